The number of aromatic nitrogens is 5. The zero-order valence-corrected chi connectivity index (χ0v) is 23.2. The Morgan fingerprint density at radius 1 is 1.05 bits per heavy atom. The van der Waals surface area contributed by atoms with Gasteiger partial charge in [-0.3, -0.25) is 19.5 Å². The largest absolute Gasteiger partial charge is 0.345 e. The summed E-state index contributed by atoms with van der Waals surface area (Å²) in [7, 11) is 0. The number of anilines is 1. The Morgan fingerprint density at radius 3 is 2.46 bits per heavy atom. The lowest BCUT2D eigenvalue weighted by molar-refractivity contribution is -0.113. The molecule has 0 bridgehead atoms. The molecule has 0 aliphatic carbocycles. The number of carbonyl (C=O) groups excluding carboxylic acids is 2. The first-order valence-corrected chi connectivity index (χ1v) is 13.6. The van der Waals surface area contributed by atoms with E-state index < -0.39 is 0 Å². The average molecular weight is 556 g/mol. The molecule has 2 aromatic heterocycles. The van der Waals surface area contributed by atoms with Crippen molar-refractivity contribution in [1.82, 2.24) is 30.3 Å². The molecule has 0 fully saturated rings. The number of carbonyl (C=O) groups is 2. The van der Waals surface area contributed by atoms with Crippen molar-refractivity contribution in [2.24, 2.45) is 0 Å². The van der Waals surface area contributed by atoms with Gasteiger partial charge in [-0.2, -0.15) is 0 Å². The molecule has 37 heavy (non-hydrogen) atoms. The van der Waals surface area contributed by atoms with Crippen LogP contribution in [0.5, 0.6) is 0 Å². The van der Waals surface area contributed by atoms with Crippen molar-refractivity contribution in [3.63, 3.8) is 0 Å². The number of hydrogen-bond donors (Lipinski definition) is 2. The SMILES string of the molecule is Cc1nnc(NC(=O)CSc2nnc(CNC(=O)c3ccc(C(C)(C)C)cc3)n2-c2cccc(Cl)c2)s1. The Morgan fingerprint density at radius 2 is 1.81 bits per heavy atom. The summed E-state index contributed by atoms with van der Waals surface area (Å²) in [6.07, 6.45) is 0. The molecule has 0 aliphatic heterocycles. The van der Waals surface area contributed by atoms with E-state index in [2.05, 4.69) is 51.8 Å². The molecule has 2 aromatic carbocycles. The van der Waals surface area contributed by atoms with Gasteiger partial charge in [0.2, 0.25) is 11.0 Å². The first-order valence-electron chi connectivity index (χ1n) is 11.4. The lowest BCUT2D eigenvalue weighted by Crippen LogP contribution is -2.25. The summed E-state index contributed by atoms with van der Waals surface area (Å²) >= 11 is 8.75. The molecular formula is C25H26ClN7O2S2. The molecule has 4 aromatic rings. The van der Waals surface area contributed by atoms with Crippen molar-refractivity contribution in [2.45, 2.75) is 44.8 Å². The fourth-order valence-electron chi connectivity index (χ4n) is 3.40. The van der Waals surface area contributed by atoms with E-state index in [0.717, 1.165) is 16.3 Å². The fourth-order valence-corrected chi connectivity index (χ4v) is 4.96. The molecule has 0 spiro atoms. The minimum atomic E-state index is -0.240. The summed E-state index contributed by atoms with van der Waals surface area (Å²) in [6.45, 7) is 8.33. The van der Waals surface area contributed by atoms with Gasteiger partial charge in [-0.15, -0.1) is 20.4 Å². The molecule has 0 radical (unpaired) electrons. The predicted molar refractivity (Wildman–Crippen MR) is 147 cm³/mol. The van der Waals surface area contributed by atoms with E-state index in [1.807, 2.05) is 43.3 Å². The summed E-state index contributed by atoms with van der Waals surface area (Å²) in [4.78, 5) is 25.3. The zero-order valence-electron chi connectivity index (χ0n) is 20.8. The number of thioether (sulfide) groups is 1. The molecule has 0 unspecified atom stereocenters. The normalized spacial score (nSPS) is 11.4. The number of halogens is 1. The standard InChI is InChI=1S/C25H26ClN7O2S2/c1-15-29-31-23(37-15)28-21(34)14-36-24-32-30-20(33(24)19-7-5-6-18(26)12-19)13-27-22(35)16-8-10-17(11-9-16)25(2,3)4/h5-12H,13-14H2,1-4H3,(H,27,35)(H,28,31,34). The van der Waals surface area contributed by atoms with E-state index in [-0.39, 0.29) is 29.5 Å². The van der Waals surface area contributed by atoms with Gasteiger partial charge in [-0.05, 0) is 48.2 Å². The van der Waals surface area contributed by atoms with Crippen molar-refractivity contribution in [1.29, 1.82) is 0 Å². The first kappa shape index (κ1) is 26.8. The van der Waals surface area contributed by atoms with Crippen LogP contribution in [0.3, 0.4) is 0 Å². The number of nitrogens with zero attached hydrogens (tertiary/aromatic N) is 5. The van der Waals surface area contributed by atoms with Gasteiger partial charge in [0.05, 0.1) is 18.0 Å². The quantitative estimate of drug-likeness (QED) is 0.293. The lowest BCUT2D eigenvalue weighted by atomic mass is 9.87. The fraction of sp³-hybridized carbons (Fsp3) is 0.280. The third kappa shape index (κ3) is 6.94. The third-order valence-electron chi connectivity index (χ3n) is 5.29. The van der Waals surface area contributed by atoms with Crippen LogP contribution in [0.4, 0.5) is 5.13 Å². The van der Waals surface area contributed by atoms with Gasteiger partial charge in [0.25, 0.3) is 5.91 Å². The molecule has 0 saturated heterocycles. The maximum Gasteiger partial charge on any atom is 0.251 e. The Balaban J connectivity index is 1.49. The van der Waals surface area contributed by atoms with Gasteiger partial charge in [0.1, 0.15) is 5.01 Å². The summed E-state index contributed by atoms with van der Waals surface area (Å²) in [5.41, 5.74) is 2.43. The molecule has 4 rings (SSSR count). The Labute approximate surface area is 228 Å². The van der Waals surface area contributed by atoms with E-state index in [0.29, 0.717) is 26.7 Å². The molecule has 12 heteroatoms. The van der Waals surface area contributed by atoms with E-state index in [1.54, 1.807) is 16.7 Å². The van der Waals surface area contributed by atoms with Crippen molar-refractivity contribution < 1.29 is 9.59 Å². The molecule has 0 aliphatic rings. The van der Waals surface area contributed by atoms with Gasteiger partial charge in [0, 0.05) is 10.6 Å². The number of amides is 2. The van der Waals surface area contributed by atoms with E-state index in [1.165, 1.54) is 23.1 Å². The van der Waals surface area contributed by atoms with Crippen LogP contribution in [0, 0.1) is 6.92 Å². The molecule has 2 amide bonds. The highest BCUT2D eigenvalue weighted by Gasteiger charge is 2.19. The summed E-state index contributed by atoms with van der Waals surface area (Å²) in [5.74, 6) is 0.131. The molecule has 9 nitrogen and oxygen atoms in total. The average Bonchev–Trinajstić information content (AvgIpc) is 3.46. The molecule has 0 atom stereocenters. The van der Waals surface area contributed by atoms with Gasteiger partial charge >= 0.3 is 0 Å². The summed E-state index contributed by atoms with van der Waals surface area (Å²) in [5, 5.41) is 24.2. The molecule has 0 saturated carbocycles. The highest BCUT2D eigenvalue weighted by molar-refractivity contribution is 7.99. The van der Waals surface area contributed by atoms with Gasteiger partial charge in [0.15, 0.2) is 11.0 Å². The molecule has 2 N–H and O–H groups in total. The van der Waals surface area contributed by atoms with Crippen molar-refractivity contribution in [3.8, 4) is 5.69 Å². The topological polar surface area (TPSA) is 115 Å². The van der Waals surface area contributed by atoms with Crippen LogP contribution in [0.1, 0.15) is 47.5 Å². The predicted octanol–water partition coefficient (Wildman–Crippen LogP) is 5.04. The number of benzene rings is 2. The maximum atomic E-state index is 12.8. The smallest absolute Gasteiger partial charge is 0.251 e. The van der Waals surface area contributed by atoms with Crippen LogP contribution < -0.4 is 10.6 Å². The highest BCUT2D eigenvalue weighted by Crippen LogP contribution is 2.25. The zero-order chi connectivity index (χ0) is 26.6. The van der Waals surface area contributed by atoms with Crippen LogP contribution in [-0.4, -0.2) is 42.5 Å². The highest BCUT2D eigenvalue weighted by atomic mass is 35.5. The Kier molecular flexibility index (Phi) is 8.25. The van der Waals surface area contributed by atoms with Crippen LogP contribution in [-0.2, 0) is 16.8 Å². The van der Waals surface area contributed by atoms with Crippen molar-refractivity contribution >= 4 is 51.6 Å². The second-order valence-electron chi connectivity index (χ2n) is 9.19. The third-order valence-corrected chi connectivity index (χ3v) is 7.21. The summed E-state index contributed by atoms with van der Waals surface area (Å²) < 4.78 is 1.78. The molecule has 192 valence electrons. The second-order valence-corrected chi connectivity index (χ2v) is 11.7. The van der Waals surface area contributed by atoms with Crippen molar-refractivity contribution in [3.05, 3.63) is 75.5 Å². The van der Waals surface area contributed by atoms with Gasteiger partial charge < -0.3 is 5.32 Å². The monoisotopic (exact) mass is 555 g/mol. The van der Waals surface area contributed by atoms with Gasteiger partial charge in [-0.1, -0.05) is 73.7 Å². The number of nitrogens with one attached hydrogen (secondary N) is 2. The van der Waals surface area contributed by atoms with E-state index in [9.17, 15) is 9.59 Å². The number of rotatable bonds is 8. The Bertz CT molecular complexity index is 1410. The van der Waals surface area contributed by atoms with Crippen LogP contribution in [0.2, 0.25) is 5.02 Å². The maximum absolute atomic E-state index is 12.8. The number of aryl methyl sites for hydroxylation is 1. The lowest BCUT2D eigenvalue weighted by Gasteiger charge is -2.19. The van der Waals surface area contributed by atoms with E-state index >= 15 is 0 Å². The molecular weight excluding hydrogens is 530 g/mol. The summed E-state index contributed by atoms with van der Waals surface area (Å²) in [6, 6.07) is 14.8. The first-order chi connectivity index (χ1) is 17.6. The van der Waals surface area contributed by atoms with Crippen molar-refractivity contribution in [2.75, 3.05) is 11.1 Å². The van der Waals surface area contributed by atoms with E-state index in [4.69, 9.17) is 11.6 Å². The van der Waals surface area contributed by atoms with Crippen LogP contribution >= 0.6 is 34.7 Å². The Hall–Kier alpha value is -3.28. The van der Waals surface area contributed by atoms with Crippen LogP contribution in [0.15, 0.2) is 53.7 Å². The minimum Gasteiger partial charge on any atom is -0.345 e. The minimum absolute atomic E-state index is 0.00344. The number of hydrogen-bond acceptors (Lipinski definition) is 8. The molecule has 2 heterocycles. The van der Waals surface area contributed by atoms with Crippen LogP contribution in [0.25, 0.3) is 5.69 Å². The second kappa shape index (κ2) is 11.4. The van der Waals surface area contributed by atoms with Gasteiger partial charge in [-0.25, -0.2) is 0 Å².